The maximum Gasteiger partial charge on any atom is 0.236 e. The van der Waals surface area contributed by atoms with Crippen molar-refractivity contribution in [2.45, 2.75) is 20.3 Å². The van der Waals surface area contributed by atoms with Crippen LogP contribution in [0.15, 0.2) is 48.5 Å². The molecule has 2 N–H and O–H groups in total. The average molecular weight is 362 g/mol. The minimum atomic E-state index is -3.55. The number of hydrogen-bond donors (Lipinski definition) is 2. The zero-order chi connectivity index (χ0) is 18.3. The number of aryl methyl sites for hydroxylation is 1. The topological polar surface area (TPSA) is 84.5 Å². The monoisotopic (exact) mass is 362 g/mol. The van der Waals surface area contributed by atoms with Crippen molar-refractivity contribution < 1.29 is 17.9 Å². The highest BCUT2D eigenvalue weighted by Gasteiger charge is 2.11. The normalized spacial score (nSPS) is 11.0. The molecule has 25 heavy (non-hydrogen) atoms. The van der Waals surface area contributed by atoms with E-state index in [2.05, 4.69) is 17.0 Å². The fraction of sp³-hybridized carbons (Fsp3) is 0.278. The van der Waals surface area contributed by atoms with Gasteiger partial charge in [0.1, 0.15) is 18.1 Å². The van der Waals surface area contributed by atoms with E-state index in [0.29, 0.717) is 17.1 Å². The van der Waals surface area contributed by atoms with E-state index in [0.717, 1.165) is 6.42 Å². The van der Waals surface area contributed by atoms with E-state index >= 15 is 0 Å². The smallest absolute Gasteiger partial charge is 0.236 e. The summed E-state index contributed by atoms with van der Waals surface area (Å²) in [5, 5.41) is 2.61. The molecule has 0 aliphatic rings. The zero-order valence-electron chi connectivity index (χ0n) is 14.3. The third-order valence-electron chi connectivity index (χ3n) is 3.41. The van der Waals surface area contributed by atoms with Crippen molar-refractivity contribution in [3.05, 3.63) is 54.1 Å². The van der Waals surface area contributed by atoms with Crippen molar-refractivity contribution in [2.24, 2.45) is 0 Å². The van der Waals surface area contributed by atoms with Gasteiger partial charge < -0.3 is 10.1 Å². The maximum atomic E-state index is 12.1. The number of anilines is 2. The minimum Gasteiger partial charge on any atom is -0.492 e. The van der Waals surface area contributed by atoms with E-state index < -0.39 is 10.0 Å². The van der Waals surface area contributed by atoms with Crippen LogP contribution in [0.5, 0.6) is 5.75 Å². The Morgan fingerprint density at radius 3 is 2.40 bits per heavy atom. The van der Waals surface area contributed by atoms with E-state index in [1.807, 2.05) is 24.3 Å². The molecule has 0 atom stereocenters. The number of amides is 1. The van der Waals surface area contributed by atoms with Gasteiger partial charge in [-0.15, -0.1) is 0 Å². The molecule has 0 aliphatic heterocycles. The number of rotatable bonds is 8. The average Bonchev–Trinajstić information content (AvgIpc) is 2.54. The molecule has 0 saturated carbocycles. The number of hydrogen-bond acceptors (Lipinski definition) is 4. The lowest BCUT2D eigenvalue weighted by atomic mass is 10.2. The molecule has 0 unspecified atom stereocenters. The van der Waals surface area contributed by atoms with Gasteiger partial charge in [0.05, 0.1) is 5.69 Å². The van der Waals surface area contributed by atoms with Crippen LogP contribution in [0.25, 0.3) is 0 Å². The van der Waals surface area contributed by atoms with Crippen LogP contribution in [-0.4, -0.2) is 26.7 Å². The molecule has 2 aromatic rings. The number of sulfonamides is 1. The summed E-state index contributed by atoms with van der Waals surface area (Å²) < 4.78 is 32.2. The molecule has 0 fully saturated rings. The van der Waals surface area contributed by atoms with E-state index in [-0.39, 0.29) is 18.3 Å². The van der Waals surface area contributed by atoms with Crippen LogP contribution in [0.2, 0.25) is 0 Å². The SMILES string of the molecule is CCc1ccc(OCCS(=O)(=O)Nc2cccc(NC(C)=O)c2)cc1. The van der Waals surface area contributed by atoms with Gasteiger partial charge in [-0.05, 0) is 42.3 Å². The Kier molecular flexibility index (Phi) is 6.41. The van der Waals surface area contributed by atoms with Crippen molar-refractivity contribution in [1.82, 2.24) is 0 Å². The van der Waals surface area contributed by atoms with Gasteiger partial charge in [-0.1, -0.05) is 25.1 Å². The minimum absolute atomic E-state index is 0.0478. The molecule has 7 heteroatoms. The Labute approximate surface area is 148 Å². The molecule has 0 aromatic heterocycles. The van der Waals surface area contributed by atoms with Crippen LogP contribution in [0.1, 0.15) is 19.4 Å². The quantitative estimate of drug-likeness (QED) is 0.756. The first kappa shape index (κ1) is 18.8. The second kappa shape index (κ2) is 8.53. The van der Waals surface area contributed by atoms with Gasteiger partial charge in [-0.3, -0.25) is 9.52 Å². The van der Waals surface area contributed by atoms with Crippen molar-refractivity contribution in [3.63, 3.8) is 0 Å². The van der Waals surface area contributed by atoms with Gasteiger partial charge >= 0.3 is 0 Å². The van der Waals surface area contributed by atoms with Gasteiger partial charge in [0, 0.05) is 12.6 Å². The van der Waals surface area contributed by atoms with Crippen molar-refractivity contribution in [1.29, 1.82) is 0 Å². The lowest BCUT2D eigenvalue weighted by Crippen LogP contribution is -2.21. The Bertz CT molecular complexity index is 817. The lowest BCUT2D eigenvalue weighted by molar-refractivity contribution is -0.114. The summed E-state index contributed by atoms with van der Waals surface area (Å²) in [5.41, 5.74) is 2.11. The molecule has 0 bridgehead atoms. The lowest BCUT2D eigenvalue weighted by Gasteiger charge is -2.11. The Morgan fingerprint density at radius 1 is 1.08 bits per heavy atom. The molecule has 0 saturated heterocycles. The first-order valence-electron chi connectivity index (χ1n) is 7.98. The first-order valence-corrected chi connectivity index (χ1v) is 9.63. The zero-order valence-corrected chi connectivity index (χ0v) is 15.1. The molecule has 6 nitrogen and oxygen atoms in total. The second-order valence-corrected chi connectivity index (χ2v) is 7.37. The van der Waals surface area contributed by atoms with Gasteiger partial charge in [-0.25, -0.2) is 8.42 Å². The number of carbonyl (C=O) groups is 1. The van der Waals surface area contributed by atoms with Crippen LogP contribution in [-0.2, 0) is 21.2 Å². The molecule has 2 aromatic carbocycles. The molecule has 134 valence electrons. The number of ether oxygens (including phenoxy) is 1. The number of carbonyl (C=O) groups excluding carboxylic acids is 1. The number of benzene rings is 2. The van der Waals surface area contributed by atoms with Crippen molar-refractivity contribution in [2.75, 3.05) is 22.4 Å². The van der Waals surface area contributed by atoms with E-state index in [1.54, 1.807) is 24.3 Å². The molecule has 0 aliphatic carbocycles. The highest BCUT2D eigenvalue weighted by atomic mass is 32.2. The molecule has 1 amide bonds. The Balaban J connectivity index is 1.89. The molecular formula is C18H22N2O4S. The third kappa shape index (κ3) is 6.46. The fourth-order valence-electron chi connectivity index (χ4n) is 2.18. The summed E-state index contributed by atoms with van der Waals surface area (Å²) in [6.07, 6.45) is 0.941. The summed E-state index contributed by atoms with van der Waals surface area (Å²) in [7, 11) is -3.55. The van der Waals surface area contributed by atoms with Crippen LogP contribution in [0.3, 0.4) is 0 Å². The summed E-state index contributed by atoms with van der Waals surface area (Å²) in [4.78, 5) is 11.1. The van der Waals surface area contributed by atoms with Crippen LogP contribution in [0.4, 0.5) is 11.4 Å². The molecule has 0 radical (unpaired) electrons. The fourth-order valence-corrected chi connectivity index (χ4v) is 3.08. The van der Waals surface area contributed by atoms with Gasteiger partial charge in [-0.2, -0.15) is 0 Å². The van der Waals surface area contributed by atoms with Crippen LogP contribution in [0, 0.1) is 0 Å². The van der Waals surface area contributed by atoms with E-state index in [1.165, 1.54) is 12.5 Å². The molecule has 2 rings (SSSR count). The Hall–Kier alpha value is -2.54. The molecule has 0 heterocycles. The van der Waals surface area contributed by atoms with Crippen LogP contribution < -0.4 is 14.8 Å². The summed E-state index contributed by atoms with van der Waals surface area (Å²) >= 11 is 0. The van der Waals surface area contributed by atoms with Crippen LogP contribution >= 0.6 is 0 Å². The first-order chi connectivity index (χ1) is 11.9. The van der Waals surface area contributed by atoms with Crippen molar-refractivity contribution in [3.8, 4) is 5.75 Å². The summed E-state index contributed by atoms with van der Waals surface area (Å²) in [5.74, 6) is 0.245. The van der Waals surface area contributed by atoms with Crippen molar-refractivity contribution >= 4 is 27.3 Å². The standard InChI is InChI=1S/C18H22N2O4S/c1-3-15-7-9-18(10-8-15)24-11-12-25(22,23)20-17-6-4-5-16(13-17)19-14(2)21/h4-10,13,20H,3,11-12H2,1-2H3,(H,19,21). The third-order valence-corrected chi connectivity index (χ3v) is 4.66. The summed E-state index contributed by atoms with van der Waals surface area (Å²) in [6, 6.07) is 14.1. The highest BCUT2D eigenvalue weighted by molar-refractivity contribution is 7.92. The maximum absolute atomic E-state index is 12.1. The van der Waals surface area contributed by atoms with E-state index in [9.17, 15) is 13.2 Å². The van der Waals surface area contributed by atoms with Gasteiger partial charge in [0.2, 0.25) is 15.9 Å². The molecular weight excluding hydrogens is 340 g/mol. The largest absolute Gasteiger partial charge is 0.492 e. The highest BCUT2D eigenvalue weighted by Crippen LogP contribution is 2.17. The second-order valence-electron chi connectivity index (χ2n) is 5.53. The van der Waals surface area contributed by atoms with Gasteiger partial charge in [0.25, 0.3) is 0 Å². The summed E-state index contributed by atoms with van der Waals surface area (Å²) in [6.45, 7) is 3.50. The Morgan fingerprint density at radius 2 is 1.76 bits per heavy atom. The predicted octanol–water partition coefficient (Wildman–Crippen LogP) is 3.03. The van der Waals surface area contributed by atoms with Gasteiger partial charge in [0.15, 0.2) is 0 Å². The van der Waals surface area contributed by atoms with E-state index in [4.69, 9.17) is 4.74 Å². The molecule has 0 spiro atoms. The number of nitrogens with one attached hydrogen (secondary N) is 2. The predicted molar refractivity (Wildman–Crippen MR) is 99.5 cm³/mol.